The molecule has 0 saturated carbocycles. The molecule has 0 fully saturated rings. The Morgan fingerprint density at radius 3 is 1.12 bits per heavy atom. The van der Waals surface area contributed by atoms with E-state index in [0.29, 0.717) is 24.7 Å². The minimum Gasteiger partial charge on any atom is -0.462 e. The fourth-order valence-corrected chi connectivity index (χ4v) is 6.71. The largest absolute Gasteiger partial charge is 0.462 e. The van der Waals surface area contributed by atoms with E-state index in [1.807, 2.05) is 0 Å². The Kier molecular flexibility index (Phi) is 18.8. The summed E-state index contributed by atoms with van der Waals surface area (Å²) in [7, 11) is 0. The minimum absolute atomic E-state index is 0.0615. The lowest BCUT2D eigenvalue weighted by atomic mass is 9.95. The highest BCUT2D eigenvalue weighted by molar-refractivity contribution is 6.47. The maximum Gasteiger partial charge on any atom is 0.423 e. The van der Waals surface area contributed by atoms with Gasteiger partial charge in [-0.25, -0.2) is 19.2 Å². The number of hydrogen-bond acceptors (Lipinski definition) is 8. The van der Waals surface area contributed by atoms with Crippen LogP contribution in [0.15, 0.2) is 12.1 Å². The highest BCUT2D eigenvalue weighted by atomic mass is 35.5. The van der Waals surface area contributed by atoms with Crippen LogP contribution in [-0.4, -0.2) is 37.1 Å². The molecule has 0 heterocycles. The molecule has 0 aliphatic rings. The molecule has 14 heteroatoms. The van der Waals surface area contributed by atoms with E-state index in [1.165, 1.54) is 0 Å². The summed E-state index contributed by atoms with van der Waals surface area (Å²) in [5.74, 6) is -5.66. The molecule has 266 valence electrons. The molecule has 0 atom stereocenters. The van der Waals surface area contributed by atoms with Crippen molar-refractivity contribution in [2.75, 3.05) is 13.2 Å². The van der Waals surface area contributed by atoms with Crippen LogP contribution in [0.4, 0.5) is 0 Å². The summed E-state index contributed by atoms with van der Waals surface area (Å²) in [6.45, 7) is 8.43. The van der Waals surface area contributed by atoms with Crippen LogP contribution in [-0.2, 0) is 19.1 Å². The molecule has 0 saturated heterocycles. The quantitative estimate of drug-likeness (QED) is 0.0636. The first-order valence-electron chi connectivity index (χ1n) is 15.9. The SMILES string of the molecule is CCCC(CCC)CCOC(=O)c1c(Cl)c(Cl)cc(Cl)c1OC(=O)C(=O)Oc1c(Cl)cc(Cl)c(Cl)c1C(=O)OCCC(CCC)CCC. The predicted octanol–water partition coefficient (Wildman–Crippen LogP) is 11.6. The second kappa shape index (κ2) is 21.3. The van der Waals surface area contributed by atoms with Gasteiger partial charge in [0.2, 0.25) is 0 Å². The lowest BCUT2D eigenvalue weighted by Crippen LogP contribution is -2.27. The Morgan fingerprint density at radius 2 is 0.833 bits per heavy atom. The molecular formula is C34H40Cl6O8. The van der Waals surface area contributed by atoms with Crippen LogP contribution < -0.4 is 9.47 Å². The molecular weight excluding hydrogens is 749 g/mol. The standard InChI is InChI=1S/C34H40Cl6O8/c1-5-9-19(10-6-2)13-15-45-31(41)25-27(39)21(35)17-23(37)29(25)47-33(43)34(44)48-30-24(38)18-22(36)28(40)26(30)32(42)46-16-14-20(11-7-3)12-8-4/h17-20H,5-16H2,1-4H3. The number of halogens is 6. The highest BCUT2D eigenvalue weighted by Crippen LogP contribution is 2.42. The smallest absolute Gasteiger partial charge is 0.423 e. The Bertz CT molecular complexity index is 1330. The van der Waals surface area contributed by atoms with Crippen LogP contribution in [0.3, 0.4) is 0 Å². The van der Waals surface area contributed by atoms with Gasteiger partial charge in [0.05, 0.1) is 43.3 Å². The van der Waals surface area contributed by atoms with Gasteiger partial charge in [-0.15, -0.1) is 0 Å². The molecule has 0 aromatic heterocycles. The zero-order valence-corrected chi connectivity index (χ0v) is 31.9. The number of carbonyl (C=O) groups is 4. The minimum atomic E-state index is -1.64. The molecule has 2 aromatic rings. The summed E-state index contributed by atoms with van der Waals surface area (Å²) < 4.78 is 21.3. The van der Waals surface area contributed by atoms with E-state index in [2.05, 4.69) is 27.7 Å². The van der Waals surface area contributed by atoms with E-state index in [4.69, 9.17) is 88.6 Å². The maximum absolute atomic E-state index is 13.1. The zero-order chi connectivity index (χ0) is 36.0. The second-order valence-corrected chi connectivity index (χ2v) is 13.6. The summed E-state index contributed by atoms with van der Waals surface area (Å²) in [6, 6.07) is 2.26. The highest BCUT2D eigenvalue weighted by Gasteiger charge is 2.32. The maximum atomic E-state index is 13.1. The molecule has 0 aliphatic carbocycles. The average molecular weight is 789 g/mol. The third kappa shape index (κ3) is 12.1. The van der Waals surface area contributed by atoms with Crippen molar-refractivity contribution in [2.45, 2.75) is 91.9 Å². The van der Waals surface area contributed by atoms with E-state index < -0.39 is 46.5 Å². The lowest BCUT2D eigenvalue weighted by Gasteiger charge is -2.17. The van der Waals surface area contributed by atoms with E-state index in [1.54, 1.807) is 0 Å². The van der Waals surface area contributed by atoms with Gasteiger partial charge >= 0.3 is 23.9 Å². The van der Waals surface area contributed by atoms with Crippen molar-refractivity contribution in [2.24, 2.45) is 11.8 Å². The molecule has 0 bridgehead atoms. The van der Waals surface area contributed by atoms with Gasteiger partial charge < -0.3 is 18.9 Å². The molecule has 8 nitrogen and oxygen atoms in total. The van der Waals surface area contributed by atoms with Crippen molar-refractivity contribution in [1.29, 1.82) is 0 Å². The Balaban J connectivity index is 2.29. The molecule has 0 N–H and O–H groups in total. The van der Waals surface area contributed by atoms with Crippen LogP contribution in [0, 0.1) is 11.8 Å². The van der Waals surface area contributed by atoms with Gasteiger partial charge in [0.25, 0.3) is 0 Å². The van der Waals surface area contributed by atoms with Crippen LogP contribution >= 0.6 is 69.6 Å². The number of rotatable bonds is 18. The summed E-state index contributed by atoms with van der Waals surface area (Å²) in [4.78, 5) is 52.3. The van der Waals surface area contributed by atoms with Crippen molar-refractivity contribution in [3.63, 3.8) is 0 Å². The number of esters is 4. The Hall–Kier alpha value is -1.94. The number of hydrogen-bond donors (Lipinski definition) is 0. The predicted molar refractivity (Wildman–Crippen MR) is 191 cm³/mol. The first-order valence-corrected chi connectivity index (χ1v) is 18.2. The molecule has 0 aliphatic heterocycles. The van der Waals surface area contributed by atoms with E-state index in [0.717, 1.165) is 63.5 Å². The van der Waals surface area contributed by atoms with Crippen molar-refractivity contribution in [3.05, 3.63) is 53.4 Å². The van der Waals surface area contributed by atoms with Gasteiger partial charge in [0.15, 0.2) is 11.5 Å². The van der Waals surface area contributed by atoms with Crippen LogP contribution in [0.5, 0.6) is 11.5 Å². The third-order valence-electron chi connectivity index (χ3n) is 7.52. The molecule has 2 rings (SSSR count). The van der Waals surface area contributed by atoms with E-state index in [-0.39, 0.29) is 43.3 Å². The molecule has 0 spiro atoms. The summed E-state index contributed by atoms with van der Waals surface area (Å²) in [5.41, 5.74) is -0.918. The summed E-state index contributed by atoms with van der Waals surface area (Å²) in [5, 5.41) is -1.47. The fourth-order valence-electron chi connectivity index (χ4n) is 5.27. The van der Waals surface area contributed by atoms with Crippen molar-refractivity contribution in [1.82, 2.24) is 0 Å². The molecule has 0 unspecified atom stereocenters. The average Bonchev–Trinajstić information content (AvgIpc) is 3.02. The molecule has 48 heavy (non-hydrogen) atoms. The van der Waals surface area contributed by atoms with Crippen LogP contribution in [0.1, 0.15) is 113 Å². The molecule has 0 radical (unpaired) electrons. The van der Waals surface area contributed by atoms with Crippen LogP contribution in [0.2, 0.25) is 30.1 Å². The van der Waals surface area contributed by atoms with Crippen LogP contribution in [0.25, 0.3) is 0 Å². The monoisotopic (exact) mass is 786 g/mol. The fraction of sp³-hybridized carbons (Fsp3) is 0.529. The number of ether oxygens (including phenoxy) is 4. The van der Waals surface area contributed by atoms with Crippen molar-refractivity contribution < 1.29 is 38.1 Å². The van der Waals surface area contributed by atoms with Gasteiger partial charge in [0, 0.05) is 0 Å². The van der Waals surface area contributed by atoms with Gasteiger partial charge in [-0.05, 0) is 36.8 Å². The normalized spacial score (nSPS) is 11.2. The van der Waals surface area contributed by atoms with Gasteiger partial charge in [0.1, 0.15) is 11.1 Å². The van der Waals surface area contributed by atoms with E-state index >= 15 is 0 Å². The molecule has 0 amide bonds. The van der Waals surface area contributed by atoms with Crippen molar-refractivity contribution in [3.8, 4) is 11.5 Å². The van der Waals surface area contributed by atoms with Gasteiger partial charge in [-0.3, -0.25) is 0 Å². The zero-order valence-electron chi connectivity index (χ0n) is 27.3. The summed E-state index contributed by atoms with van der Waals surface area (Å²) >= 11 is 37.5. The molecule has 2 aromatic carbocycles. The first-order chi connectivity index (χ1) is 22.8. The van der Waals surface area contributed by atoms with Gasteiger partial charge in [-0.2, -0.15) is 0 Å². The number of carbonyl (C=O) groups excluding carboxylic acids is 4. The first kappa shape index (κ1) is 42.2. The lowest BCUT2D eigenvalue weighted by molar-refractivity contribution is -0.156. The van der Waals surface area contributed by atoms with Crippen molar-refractivity contribution >= 4 is 93.5 Å². The topological polar surface area (TPSA) is 105 Å². The second-order valence-electron chi connectivity index (χ2n) is 11.2. The Labute approximate surface area is 311 Å². The summed E-state index contributed by atoms with van der Waals surface area (Å²) in [6.07, 6.45) is 9.04. The Morgan fingerprint density at radius 1 is 0.521 bits per heavy atom. The third-order valence-corrected chi connectivity index (χ3v) is 9.66. The van der Waals surface area contributed by atoms with Gasteiger partial charge in [-0.1, -0.05) is 149 Å². The van der Waals surface area contributed by atoms with E-state index in [9.17, 15) is 19.2 Å². The number of benzene rings is 2.